The van der Waals surface area contributed by atoms with Gasteiger partial charge >= 0.3 is 15.3 Å². The van der Waals surface area contributed by atoms with Crippen molar-refractivity contribution in [1.29, 1.82) is 0 Å². The van der Waals surface area contributed by atoms with Crippen molar-refractivity contribution < 1.29 is 46.2 Å². The molecule has 0 bridgehead atoms. The largest absolute Gasteiger partial charge is 0.403 e. The van der Waals surface area contributed by atoms with Gasteiger partial charge in [0.25, 0.3) is 0 Å². The van der Waals surface area contributed by atoms with Crippen LogP contribution in [0.2, 0.25) is 0 Å². The Balaban J connectivity index is 1.17. The van der Waals surface area contributed by atoms with Crippen LogP contribution < -0.4 is 16.6 Å². The smallest absolute Gasteiger partial charge is 0.382 e. The van der Waals surface area contributed by atoms with Gasteiger partial charge in [-0.2, -0.15) is 0 Å². The van der Waals surface area contributed by atoms with E-state index in [1.54, 1.807) is 0 Å². The summed E-state index contributed by atoms with van der Waals surface area (Å²) in [6.45, 7) is -1.43. The zero-order valence-electron chi connectivity index (χ0n) is 22.3. The molecule has 4 aromatic rings. The molecule has 3 fully saturated rings. The zero-order chi connectivity index (χ0) is 31.0. The van der Waals surface area contributed by atoms with E-state index in [9.17, 15) is 18.9 Å². The average Bonchev–Trinajstić information content (AvgIpc) is 3.73. The number of alkyl halides is 2. The Morgan fingerprint density at radius 1 is 0.818 bits per heavy atom. The van der Waals surface area contributed by atoms with Crippen molar-refractivity contribution in [2.24, 2.45) is 5.92 Å². The molecule has 2 unspecified atom stereocenters. The SMILES string of the molecule is Nc1ncnc2c1ncn2[C@@H]1O[C@@H]2COP(=O)(O)N[C@H]3[C@@H](F)[C@H](n4cnc5c(N)ncnc54)O[C@@H]3COP(=O)(O)C[C@H]2[C@H]1F. The summed E-state index contributed by atoms with van der Waals surface area (Å²) in [7, 11) is -9.41. The van der Waals surface area contributed by atoms with Gasteiger partial charge in [-0.1, -0.05) is 0 Å². The van der Waals surface area contributed by atoms with Gasteiger partial charge in [-0.05, 0) is 0 Å². The lowest BCUT2D eigenvalue weighted by molar-refractivity contribution is -0.0382. The van der Waals surface area contributed by atoms with Gasteiger partial charge in [0.15, 0.2) is 47.7 Å². The fraction of sp³-hybridized carbons (Fsp3) is 0.524. The van der Waals surface area contributed by atoms with Crippen molar-refractivity contribution in [3.63, 3.8) is 0 Å². The highest BCUT2D eigenvalue weighted by Gasteiger charge is 2.53. The molecule has 23 heteroatoms. The summed E-state index contributed by atoms with van der Waals surface area (Å²) in [6.07, 6.45) is -5.65. The lowest BCUT2D eigenvalue weighted by atomic mass is 10.0. The number of hydrogen-bond donors (Lipinski definition) is 5. The zero-order valence-corrected chi connectivity index (χ0v) is 24.1. The minimum Gasteiger partial charge on any atom is -0.382 e. The third-order valence-corrected chi connectivity index (χ3v) is 10.3. The van der Waals surface area contributed by atoms with Crippen molar-refractivity contribution in [3.05, 3.63) is 25.3 Å². The minimum atomic E-state index is -4.82. The molecule has 7 rings (SSSR count). The van der Waals surface area contributed by atoms with E-state index in [2.05, 4.69) is 35.0 Å². The summed E-state index contributed by atoms with van der Waals surface area (Å²) in [6, 6.07) is -1.57. The van der Waals surface area contributed by atoms with Crippen LogP contribution in [0.1, 0.15) is 12.5 Å². The topological polar surface area (TPSA) is 263 Å². The van der Waals surface area contributed by atoms with E-state index in [4.69, 9.17) is 30.0 Å². The lowest BCUT2D eigenvalue weighted by Crippen LogP contribution is -2.43. The molecule has 0 aromatic carbocycles. The minimum absolute atomic E-state index is 0.0318. The van der Waals surface area contributed by atoms with Gasteiger partial charge in [0.2, 0.25) is 0 Å². The summed E-state index contributed by atoms with van der Waals surface area (Å²) >= 11 is 0. The van der Waals surface area contributed by atoms with Gasteiger partial charge in [-0.3, -0.25) is 18.2 Å². The predicted octanol–water partition coefficient (Wildman–Crippen LogP) is 0.209. The second-order valence-electron chi connectivity index (χ2n) is 10.4. The third-order valence-electron chi connectivity index (χ3n) is 7.73. The van der Waals surface area contributed by atoms with Gasteiger partial charge in [0, 0.05) is 5.92 Å². The molecule has 3 aliphatic heterocycles. The molecule has 236 valence electrons. The molecule has 0 radical (unpaired) electrons. The van der Waals surface area contributed by atoms with Crippen LogP contribution in [0, 0.1) is 5.92 Å². The number of hydrogen-bond acceptors (Lipinski definition) is 14. The molecule has 10 atom stereocenters. The second-order valence-corrected chi connectivity index (χ2v) is 13.9. The van der Waals surface area contributed by atoms with Crippen molar-refractivity contribution >= 4 is 49.3 Å². The maximum atomic E-state index is 16.0. The number of imidazole rings is 2. The van der Waals surface area contributed by atoms with E-state index in [0.717, 1.165) is 12.7 Å². The number of nitrogens with one attached hydrogen (secondary N) is 1. The first-order valence-electron chi connectivity index (χ1n) is 13.1. The fourth-order valence-corrected chi connectivity index (χ4v) is 8.19. The van der Waals surface area contributed by atoms with Crippen LogP contribution in [0.25, 0.3) is 22.3 Å². The molecule has 0 spiro atoms. The molecule has 3 saturated heterocycles. The molecule has 3 aliphatic rings. The van der Waals surface area contributed by atoms with Gasteiger partial charge in [0.05, 0.1) is 44.2 Å². The van der Waals surface area contributed by atoms with E-state index < -0.39 is 83.7 Å². The van der Waals surface area contributed by atoms with E-state index in [1.807, 2.05) is 0 Å². The number of aromatic nitrogens is 8. The molecular formula is C21H25F2N11O8P2. The molecular weight excluding hydrogens is 634 g/mol. The summed E-state index contributed by atoms with van der Waals surface area (Å²) < 4.78 is 82.8. The Morgan fingerprint density at radius 3 is 1.98 bits per heavy atom. The van der Waals surface area contributed by atoms with Crippen molar-refractivity contribution in [3.8, 4) is 0 Å². The Bertz CT molecular complexity index is 1700. The van der Waals surface area contributed by atoms with Crippen LogP contribution in [0.4, 0.5) is 20.4 Å². The van der Waals surface area contributed by atoms with Crippen LogP contribution >= 0.6 is 15.3 Å². The summed E-state index contributed by atoms with van der Waals surface area (Å²) in [5.41, 5.74) is 12.2. The van der Waals surface area contributed by atoms with E-state index in [-0.39, 0.29) is 34.0 Å². The number of ether oxygens (including phenoxy) is 2. The molecule has 0 amide bonds. The first-order chi connectivity index (χ1) is 20.9. The van der Waals surface area contributed by atoms with Gasteiger partial charge in [-0.15, -0.1) is 0 Å². The van der Waals surface area contributed by atoms with E-state index in [1.165, 1.54) is 21.8 Å². The number of nitrogens with zero attached hydrogens (tertiary/aromatic N) is 8. The van der Waals surface area contributed by atoms with Gasteiger partial charge in [-0.25, -0.2) is 48.3 Å². The number of nitrogen functional groups attached to an aromatic ring is 2. The van der Waals surface area contributed by atoms with Crippen LogP contribution in [0.3, 0.4) is 0 Å². The summed E-state index contributed by atoms with van der Waals surface area (Å²) in [4.78, 5) is 45.4. The number of anilines is 2. The van der Waals surface area contributed by atoms with Crippen LogP contribution in [-0.4, -0.2) is 98.8 Å². The van der Waals surface area contributed by atoms with Crippen molar-refractivity contribution in [2.45, 2.75) is 43.0 Å². The highest BCUT2D eigenvalue weighted by atomic mass is 31.2. The van der Waals surface area contributed by atoms with Gasteiger partial charge < -0.3 is 35.3 Å². The normalized spacial score (nSPS) is 38.3. The maximum absolute atomic E-state index is 16.0. The van der Waals surface area contributed by atoms with E-state index >= 15 is 8.78 Å². The molecule has 0 aliphatic carbocycles. The van der Waals surface area contributed by atoms with Crippen molar-refractivity contribution in [1.82, 2.24) is 44.1 Å². The number of halogens is 2. The van der Waals surface area contributed by atoms with Gasteiger partial charge in [0.1, 0.15) is 29.8 Å². The molecule has 44 heavy (non-hydrogen) atoms. The monoisotopic (exact) mass is 659 g/mol. The number of nitrogens with two attached hydrogens (primary N) is 2. The van der Waals surface area contributed by atoms with E-state index in [0.29, 0.717) is 0 Å². The molecule has 7 heterocycles. The third kappa shape index (κ3) is 5.03. The molecule has 0 saturated carbocycles. The fourth-order valence-electron chi connectivity index (χ4n) is 5.63. The highest BCUT2D eigenvalue weighted by Crippen LogP contribution is 2.52. The van der Waals surface area contributed by atoms with Crippen LogP contribution in [0.5, 0.6) is 0 Å². The highest BCUT2D eigenvalue weighted by molar-refractivity contribution is 7.52. The molecule has 4 aromatic heterocycles. The standard InChI is InChI=1S/C21H25F2N11O8P2/c22-11-8-3-43(35,36)39-2-10-13(12(23)21(42-10)34-7-31-15-17(25)27-5-29-19(15)34)32-44(37,38)40-1-9(8)41-20(11)33-6-30-14-16(24)26-4-28-18(14)33/h4-13,20-21H,1-3H2,(H,35,36)(H2,24,26,28)(H2,25,27,29)(H2,32,37,38)/t8-,9-,10-,11-,12-,13-,20-,21-/m1/s1. The Hall–Kier alpha value is -3.26. The number of fused-ring (bicyclic) bond motifs is 4. The average molecular weight is 659 g/mol. The summed E-state index contributed by atoms with van der Waals surface area (Å²) in [5, 5.41) is 2.21. The van der Waals surface area contributed by atoms with Crippen LogP contribution in [0.15, 0.2) is 25.3 Å². The summed E-state index contributed by atoms with van der Waals surface area (Å²) in [5.74, 6) is -1.28. The molecule has 19 nitrogen and oxygen atoms in total. The Labute approximate surface area is 245 Å². The van der Waals surface area contributed by atoms with Crippen molar-refractivity contribution in [2.75, 3.05) is 30.8 Å². The lowest BCUT2D eigenvalue weighted by Gasteiger charge is -2.28. The predicted molar refractivity (Wildman–Crippen MR) is 144 cm³/mol. The maximum Gasteiger partial charge on any atom is 0.403 e. The molecule has 7 N–H and O–H groups in total. The Kier molecular flexibility index (Phi) is 7.15. The van der Waals surface area contributed by atoms with Crippen LogP contribution in [-0.2, 0) is 27.7 Å². The first kappa shape index (κ1) is 29.5. The second kappa shape index (κ2) is 10.7. The Morgan fingerprint density at radius 2 is 1.36 bits per heavy atom. The number of rotatable bonds is 2. The first-order valence-corrected chi connectivity index (χ1v) is 16.4. The quantitative estimate of drug-likeness (QED) is 0.180.